The second-order valence-corrected chi connectivity index (χ2v) is 7.26. The second-order valence-electron chi connectivity index (χ2n) is 6.44. The summed E-state index contributed by atoms with van der Waals surface area (Å²) in [5, 5.41) is 1.63. The Kier molecular flexibility index (Phi) is 4.93. The molecule has 0 bridgehead atoms. The molecule has 1 aliphatic carbocycles. The van der Waals surface area contributed by atoms with E-state index in [1.165, 1.54) is 45.2 Å². The van der Waals surface area contributed by atoms with Crippen LogP contribution in [0, 0.1) is 5.92 Å². The van der Waals surface area contributed by atoms with Crippen molar-refractivity contribution in [2.75, 3.05) is 20.1 Å². The molecule has 0 saturated heterocycles. The molecule has 1 nitrogen and oxygen atoms in total. The molecule has 0 amide bonds. The summed E-state index contributed by atoms with van der Waals surface area (Å²) < 4.78 is 0. The molecule has 114 valence electrons. The van der Waals surface area contributed by atoms with E-state index in [0.29, 0.717) is 0 Å². The van der Waals surface area contributed by atoms with Gasteiger partial charge in [-0.15, -0.1) is 0 Å². The average molecular weight is 324 g/mol. The molecule has 3 heteroatoms. The Labute approximate surface area is 137 Å². The van der Waals surface area contributed by atoms with Crippen LogP contribution in [-0.4, -0.2) is 25.0 Å². The van der Waals surface area contributed by atoms with E-state index in [0.717, 1.165) is 27.9 Å². The van der Waals surface area contributed by atoms with Crippen LogP contribution in [0.15, 0.2) is 29.3 Å². The quantitative estimate of drug-likeness (QED) is 0.677. The molecule has 21 heavy (non-hydrogen) atoms. The fraction of sp³-hybridized carbons (Fsp3) is 0.556. The number of nitrogens with zero attached hydrogens (tertiary/aromatic N) is 1. The second kappa shape index (κ2) is 6.73. The predicted octanol–water partition coefficient (Wildman–Crippen LogP) is 5.36. The zero-order chi connectivity index (χ0) is 14.8. The summed E-state index contributed by atoms with van der Waals surface area (Å²) in [6.45, 7) is 2.39. The van der Waals surface area contributed by atoms with Gasteiger partial charge in [-0.3, -0.25) is 0 Å². The topological polar surface area (TPSA) is 3.24 Å². The third kappa shape index (κ3) is 3.47. The highest BCUT2D eigenvalue weighted by molar-refractivity contribution is 6.35. The molecule has 0 spiro atoms. The van der Waals surface area contributed by atoms with E-state index in [4.69, 9.17) is 23.2 Å². The number of rotatable bonds is 3. The maximum absolute atomic E-state index is 6.30. The molecule has 1 unspecified atom stereocenters. The van der Waals surface area contributed by atoms with Crippen molar-refractivity contribution in [3.05, 3.63) is 45.0 Å². The molecule has 2 aliphatic rings. The van der Waals surface area contributed by atoms with Crippen molar-refractivity contribution in [1.82, 2.24) is 4.90 Å². The van der Waals surface area contributed by atoms with Gasteiger partial charge >= 0.3 is 0 Å². The van der Waals surface area contributed by atoms with E-state index in [2.05, 4.69) is 11.9 Å². The Bertz CT molecular complexity index is 530. The first-order chi connectivity index (χ1) is 10.1. The largest absolute Gasteiger partial charge is 0.302 e. The summed E-state index contributed by atoms with van der Waals surface area (Å²) in [5.74, 6) is 0.745. The van der Waals surface area contributed by atoms with E-state index in [9.17, 15) is 0 Å². The molecule has 3 rings (SSSR count). The normalized spacial score (nSPS) is 23.3. The summed E-state index contributed by atoms with van der Waals surface area (Å²) in [7, 11) is 2.23. The first-order valence-corrected chi connectivity index (χ1v) is 8.73. The third-order valence-electron chi connectivity index (χ3n) is 5.01. The van der Waals surface area contributed by atoms with Crippen LogP contribution in [0.3, 0.4) is 0 Å². The molecule has 0 fully saturated rings. The van der Waals surface area contributed by atoms with Crippen LogP contribution in [0.2, 0.25) is 10.0 Å². The van der Waals surface area contributed by atoms with E-state index in [-0.39, 0.29) is 0 Å². The van der Waals surface area contributed by atoms with E-state index in [1.54, 1.807) is 11.1 Å². The molecule has 0 radical (unpaired) electrons. The highest BCUT2D eigenvalue weighted by Crippen LogP contribution is 2.38. The Balaban J connectivity index is 1.72. The van der Waals surface area contributed by atoms with E-state index in [1.807, 2.05) is 18.2 Å². The lowest BCUT2D eigenvalue weighted by molar-refractivity contribution is 0.308. The minimum atomic E-state index is 0.745. The third-order valence-corrected chi connectivity index (χ3v) is 5.71. The van der Waals surface area contributed by atoms with Crippen LogP contribution in [0.25, 0.3) is 0 Å². The van der Waals surface area contributed by atoms with Gasteiger partial charge in [0.25, 0.3) is 0 Å². The van der Waals surface area contributed by atoms with Gasteiger partial charge in [0, 0.05) is 23.1 Å². The van der Waals surface area contributed by atoms with E-state index < -0.39 is 0 Å². The van der Waals surface area contributed by atoms with E-state index >= 15 is 0 Å². The van der Waals surface area contributed by atoms with Gasteiger partial charge in [-0.1, -0.05) is 40.4 Å². The smallest absolute Gasteiger partial charge is 0.0452 e. The van der Waals surface area contributed by atoms with Gasteiger partial charge in [0.2, 0.25) is 0 Å². The molecule has 0 N–H and O–H groups in total. The number of hydrogen-bond donors (Lipinski definition) is 0. The van der Waals surface area contributed by atoms with Crippen molar-refractivity contribution >= 4 is 23.2 Å². The first kappa shape index (κ1) is 15.4. The Morgan fingerprint density at radius 2 is 1.95 bits per heavy atom. The maximum Gasteiger partial charge on any atom is 0.0452 e. The minimum Gasteiger partial charge on any atom is -0.302 e. The Morgan fingerprint density at radius 3 is 2.71 bits per heavy atom. The van der Waals surface area contributed by atoms with Crippen LogP contribution in [0.5, 0.6) is 0 Å². The fourth-order valence-electron chi connectivity index (χ4n) is 3.87. The molecule has 1 aromatic carbocycles. The van der Waals surface area contributed by atoms with Crippen LogP contribution < -0.4 is 0 Å². The van der Waals surface area contributed by atoms with Gasteiger partial charge in [0.15, 0.2) is 0 Å². The monoisotopic (exact) mass is 323 g/mol. The fourth-order valence-corrected chi connectivity index (χ4v) is 4.46. The standard InChI is InChI=1S/C18H23Cl2N/c1-21-11-10-15-13(4-2-5-14(15)12-21)8-9-16-17(19)6-3-7-18(16)20/h3,6-7,13H,2,4-5,8-12H2,1H3. The predicted molar refractivity (Wildman–Crippen MR) is 91.3 cm³/mol. The summed E-state index contributed by atoms with van der Waals surface area (Å²) >= 11 is 12.6. The lowest BCUT2D eigenvalue weighted by atomic mass is 9.77. The lowest BCUT2D eigenvalue weighted by Crippen LogP contribution is -2.31. The summed E-state index contributed by atoms with van der Waals surface area (Å²) in [6.07, 6.45) is 7.43. The molecule has 0 saturated carbocycles. The lowest BCUT2D eigenvalue weighted by Gasteiger charge is -2.36. The number of likely N-dealkylation sites (N-methyl/N-ethyl adjacent to an activating group) is 1. The Morgan fingerprint density at radius 1 is 1.19 bits per heavy atom. The molecule has 1 aromatic rings. The molecule has 1 atom stereocenters. The summed E-state index contributed by atoms with van der Waals surface area (Å²) in [4.78, 5) is 2.45. The number of benzene rings is 1. The molecule has 1 heterocycles. The maximum atomic E-state index is 6.30. The highest BCUT2D eigenvalue weighted by Gasteiger charge is 2.26. The summed E-state index contributed by atoms with van der Waals surface area (Å²) in [6, 6.07) is 5.82. The van der Waals surface area contributed by atoms with Crippen molar-refractivity contribution in [3.63, 3.8) is 0 Å². The Hall–Kier alpha value is -0.500. The van der Waals surface area contributed by atoms with Crippen molar-refractivity contribution in [2.45, 2.75) is 38.5 Å². The average Bonchev–Trinajstić information content (AvgIpc) is 2.46. The van der Waals surface area contributed by atoms with Crippen molar-refractivity contribution in [3.8, 4) is 0 Å². The molecular formula is C18H23Cl2N. The van der Waals surface area contributed by atoms with Crippen LogP contribution in [0.4, 0.5) is 0 Å². The molecular weight excluding hydrogens is 301 g/mol. The van der Waals surface area contributed by atoms with Crippen molar-refractivity contribution in [1.29, 1.82) is 0 Å². The van der Waals surface area contributed by atoms with Gasteiger partial charge in [0.05, 0.1) is 0 Å². The molecule has 1 aliphatic heterocycles. The van der Waals surface area contributed by atoms with Crippen LogP contribution in [0.1, 0.15) is 37.7 Å². The van der Waals surface area contributed by atoms with Crippen molar-refractivity contribution in [2.24, 2.45) is 5.92 Å². The van der Waals surface area contributed by atoms with Gasteiger partial charge in [-0.25, -0.2) is 0 Å². The number of halogens is 2. The highest BCUT2D eigenvalue weighted by atomic mass is 35.5. The number of hydrogen-bond acceptors (Lipinski definition) is 1. The first-order valence-electron chi connectivity index (χ1n) is 7.97. The van der Waals surface area contributed by atoms with Gasteiger partial charge in [-0.05, 0) is 69.2 Å². The van der Waals surface area contributed by atoms with Gasteiger partial charge in [-0.2, -0.15) is 0 Å². The molecule has 0 aromatic heterocycles. The zero-order valence-corrected chi connectivity index (χ0v) is 14.2. The van der Waals surface area contributed by atoms with Crippen LogP contribution >= 0.6 is 23.2 Å². The van der Waals surface area contributed by atoms with Gasteiger partial charge < -0.3 is 4.90 Å². The minimum absolute atomic E-state index is 0.745. The zero-order valence-electron chi connectivity index (χ0n) is 12.7. The van der Waals surface area contributed by atoms with Gasteiger partial charge in [0.1, 0.15) is 0 Å². The SMILES string of the molecule is CN1CCC2=C(CCCC2CCc2c(Cl)cccc2Cl)C1. The summed E-state index contributed by atoms with van der Waals surface area (Å²) in [5.41, 5.74) is 4.59. The van der Waals surface area contributed by atoms with Crippen LogP contribution in [-0.2, 0) is 6.42 Å². The van der Waals surface area contributed by atoms with Crippen molar-refractivity contribution < 1.29 is 0 Å².